The Kier molecular flexibility index (Phi) is 4.78. The molecule has 0 aromatic rings. The second kappa shape index (κ2) is 4.80. The normalized spacial score (nSPS) is 14.3. The number of nitrogens with one attached hydrogen (secondary N) is 1. The Morgan fingerprint density at radius 2 is 1.56 bits per heavy atom. The van der Waals surface area contributed by atoms with Gasteiger partial charge in [0.1, 0.15) is 0 Å². The summed E-state index contributed by atoms with van der Waals surface area (Å²) in [4.78, 5) is 1.72. The fourth-order valence-electron chi connectivity index (χ4n) is 1.24. The lowest BCUT2D eigenvalue weighted by atomic mass is 10.2. The van der Waals surface area contributed by atoms with E-state index in [1.165, 1.54) is 19.5 Å². The maximum Gasteiger partial charge on any atom is 0.0843 e. The maximum absolute atomic E-state index is 2.32. The van der Waals surface area contributed by atoms with Crippen molar-refractivity contribution < 1.29 is 4.90 Å². The molecule has 1 unspecified atom stereocenters. The molecule has 1 atom stereocenters. The van der Waals surface area contributed by atoms with Gasteiger partial charge >= 0.3 is 0 Å². The maximum atomic E-state index is 2.32. The summed E-state index contributed by atoms with van der Waals surface area (Å²) in [6.07, 6.45) is 1.30. The predicted molar refractivity (Wildman–Crippen MR) is 41.8 cm³/mol. The summed E-state index contributed by atoms with van der Waals surface area (Å²) in [5.74, 6) is 0. The van der Waals surface area contributed by atoms with Crippen LogP contribution in [-0.2, 0) is 0 Å². The summed E-state index contributed by atoms with van der Waals surface area (Å²) in [6, 6.07) is 0.847. The standard InChI is InChI=1S/C8H19N/c1-5-8(4)9(6-2)7-3/h8H,5-7H2,1-4H3/p+1. The Morgan fingerprint density at radius 1 is 1.11 bits per heavy atom. The highest BCUT2D eigenvalue weighted by atomic mass is 15.1. The Labute approximate surface area is 59.1 Å². The van der Waals surface area contributed by atoms with Crippen molar-refractivity contribution in [3.8, 4) is 0 Å². The molecule has 0 radical (unpaired) electrons. The third-order valence-electron chi connectivity index (χ3n) is 2.22. The smallest absolute Gasteiger partial charge is 0.0843 e. The van der Waals surface area contributed by atoms with Gasteiger partial charge in [-0.15, -0.1) is 0 Å². The lowest BCUT2D eigenvalue weighted by Gasteiger charge is -2.21. The molecule has 0 saturated carbocycles. The zero-order valence-electron chi connectivity index (χ0n) is 7.20. The van der Waals surface area contributed by atoms with Crippen molar-refractivity contribution >= 4 is 0 Å². The molecule has 0 aromatic carbocycles. The third kappa shape index (κ3) is 2.85. The third-order valence-corrected chi connectivity index (χ3v) is 2.22. The molecule has 1 N–H and O–H groups in total. The van der Waals surface area contributed by atoms with Gasteiger partial charge in [-0.2, -0.15) is 0 Å². The van der Waals surface area contributed by atoms with E-state index in [-0.39, 0.29) is 0 Å². The van der Waals surface area contributed by atoms with Crippen LogP contribution in [0.4, 0.5) is 0 Å². The van der Waals surface area contributed by atoms with Crippen molar-refractivity contribution in [2.24, 2.45) is 0 Å². The summed E-state index contributed by atoms with van der Waals surface area (Å²) in [5.41, 5.74) is 0. The molecule has 0 rings (SSSR count). The second-order valence-electron chi connectivity index (χ2n) is 2.67. The van der Waals surface area contributed by atoms with E-state index in [0.29, 0.717) is 0 Å². The van der Waals surface area contributed by atoms with Gasteiger partial charge < -0.3 is 4.90 Å². The molecule has 0 fully saturated rings. The zero-order chi connectivity index (χ0) is 7.28. The molecular formula is C8H20N+. The Hall–Kier alpha value is -0.0400. The molecule has 56 valence electrons. The van der Waals surface area contributed by atoms with Crippen LogP contribution >= 0.6 is 0 Å². The number of hydrogen-bond donors (Lipinski definition) is 1. The lowest BCUT2D eigenvalue weighted by molar-refractivity contribution is -0.920. The van der Waals surface area contributed by atoms with Crippen LogP contribution < -0.4 is 4.90 Å². The highest BCUT2D eigenvalue weighted by Crippen LogP contribution is 1.80. The molecule has 0 aliphatic carbocycles. The fraction of sp³-hybridized carbons (Fsp3) is 1.00. The molecule has 0 heterocycles. The van der Waals surface area contributed by atoms with Crippen molar-refractivity contribution in [3.63, 3.8) is 0 Å². The molecule has 1 nitrogen and oxygen atoms in total. The van der Waals surface area contributed by atoms with Gasteiger partial charge in [-0.25, -0.2) is 0 Å². The van der Waals surface area contributed by atoms with Crippen molar-refractivity contribution in [1.82, 2.24) is 0 Å². The van der Waals surface area contributed by atoms with Gasteiger partial charge in [0.15, 0.2) is 0 Å². The monoisotopic (exact) mass is 130 g/mol. The molecule has 0 aromatic heterocycles. The van der Waals surface area contributed by atoms with Gasteiger partial charge in [0.25, 0.3) is 0 Å². The molecule has 0 spiro atoms. The molecule has 0 amide bonds. The van der Waals surface area contributed by atoms with Crippen LogP contribution in [-0.4, -0.2) is 19.1 Å². The van der Waals surface area contributed by atoms with E-state index in [2.05, 4.69) is 27.7 Å². The lowest BCUT2D eigenvalue weighted by Crippen LogP contribution is -3.14. The molecule has 0 bridgehead atoms. The molecule has 0 saturated heterocycles. The van der Waals surface area contributed by atoms with Crippen LogP contribution in [0.25, 0.3) is 0 Å². The second-order valence-corrected chi connectivity index (χ2v) is 2.67. The van der Waals surface area contributed by atoms with E-state index in [1.807, 2.05) is 0 Å². The van der Waals surface area contributed by atoms with Crippen molar-refractivity contribution in [2.45, 2.75) is 40.2 Å². The number of hydrogen-bond acceptors (Lipinski definition) is 0. The number of quaternary nitrogens is 1. The minimum Gasteiger partial charge on any atom is -0.333 e. The first-order valence-corrected chi connectivity index (χ1v) is 4.10. The average Bonchev–Trinajstić information content (AvgIpc) is 1.90. The van der Waals surface area contributed by atoms with Crippen LogP contribution in [0.1, 0.15) is 34.1 Å². The van der Waals surface area contributed by atoms with Gasteiger partial charge in [0.05, 0.1) is 19.1 Å². The first-order chi connectivity index (χ1) is 4.26. The van der Waals surface area contributed by atoms with E-state index in [9.17, 15) is 0 Å². The summed E-state index contributed by atoms with van der Waals surface area (Å²) in [7, 11) is 0. The minimum atomic E-state index is 0.847. The average molecular weight is 130 g/mol. The summed E-state index contributed by atoms with van der Waals surface area (Å²) in [6.45, 7) is 11.6. The van der Waals surface area contributed by atoms with Gasteiger partial charge in [-0.05, 0) is 27.2 Å². The van der Waals surface area contributed by atoms with Crippen molar-refractivity contribution in [3.05, 3.63) is 0 Å². The molecule has 0 aliphatic heterocycles. The van der Waals surface area contributed by atoms with Crippen molar-refractivity contribution in [2.75, 3.05) is 13.1 Å². The van der Waals surface area contributed by atoms with Gasteiger partial charge in [-0.1, -0.05) is 6.92 Å². The van der Waals surface area contributed by atoms with Crippen LogP contribution in [0.3, 0.4) is 0 Å². The molecule has 9 heavy (non-hydrogen) atoms. The Balaban J connectivity index is 3.50. The van der Waals surface area contributed by atoms with E-state index in [0.717, 1.165) is 6.04 Å². The molecule has 0 aliphatic rings. The van der Waals surface area contributed by atoms with E-state index < -0.39 is 0 Å². The van der Waals surface area contributed by atoms with E-state index in [4.69, 9.17) is 0 Å². The predicted octanol–water partition coefficient (Wildman–Crippen LogP) is 0.710. The SMILES string of the molecule is CCC(C)[NH+](CC)CC. The van der Waals surface area contributed by atoms with E-state index >= 15 is 0 Å². The van der Waals surface area contributed by atoms with Crippen LogP contribution in [0.5, 0.6) is 0 Å². The Morgan fingerprint density at radius 3 is 1.67 bits per heavy atom. The van der Waals surface area contributed by atoms with Gasteiger partial charge in [0, 0.05) is 0 Å². The van der Waals surface area contributed by atoms with E-state index in [1.54, 1.807) is 4.90 Å². The highest BCUT2D eigenvalue weighted by Gasteiger charge is 2.09. The van der Waals surface area contributed by atoms with Gasteiger partial charge in [0.2, 0.25) is 0 Å². The zero-order valence-corrected chi connectivity index (χ0v) is 7.20. The molecule has 1 heteroatoms. The molecular weight excluding hydrogens is 110 g/mol. The largest absolute Gasteiger partial charge is 0.333 e. The Bertz CT molecular complexity index is 57.6. The van der Waals surface area contributed by atoms with Crippen LogP contribution in [0, 0.1) is 0 Å². The van der Waals surface area contributed by atoms with Gasteiger partial charge in [-0.3, -0.25) is 0 Å². The topological polar surface area (TPSA) is 4.44 Å². The summed E-state index contributed by atoms with van der Waals surface area (Å²) in [5, 5.41) is 0. The fourth-order valence-corrected chi connectivity index (χ4v) is 1.24. The minimum absolute atomic E-state index is 0.847. The highest BCUT2D eigenvalue weighted by molar-refractivity contribution is 4.39. The number of rotatable bonds is 4. The first kappa shape index (κ1) is 8.96. The van der Waals surface area contributed by atoms with Crippen LogP contribution in [0.2, 0.25) is 0 Å². The summed E-state index contributed by atoms with van der Waals surface area (Å²) < 4.78 is 0. The van der Waals surface area contributed by atoms with Crippen LogP contribution in [0.15, 0.2) is 0 Å². The quantitative estimate of drug-likeness (QED) is 0.571. The van der Waals surface area contributed by atoms with Crippen molar-refractivity contribution in [1.29, 1.82) is 0 Å². The summed E-state index contributed by atoms with van der Waals surface area (Å²) >= 11 is 0. The first-order valence-electron chi connectivity index (χ1n) is 4.10.